The van der Waals surface area contributed by atoms with Crippen molar-refractivity contribution in [3.05, 3.63) is 118 Å². The normalized spacial score (nSPS) is 15.6. The van der Waals surface area contributed by atoms with Gasteiger partial charge < -0.3 is 24.8 Å². The quantitative estimate of drug-likeness (QED) is 0.159. The molecule has 2 bridgehead atoms. The van der Waals surface area contributed by atoms with Crippen LogP contribution in [0.1, 0.15) is 93.7 Å². The van der Waals surface area contributed by atoms with Gasteiger partial charge in [0, 0.05) is 5.92 Å². The Balaban J connectivity index is 0.00000173. The molecule has 1 heterocycles. The largest absolute Gasteiger partial charge is 3.00 e. The Morgan fingerprint density at radius 2 is 1.48 bits per heavy atom. The first-order valence-corrected chi connectivity index (χ1v) is 20.2. The molecule has 0 N–H and O–H groups in total. The molecule has 5 aromatic rings. The van der Waals surface area contributed by atoms with E-state index in [0.717, 1.165) is 6.42 Å². The molecule has 0 fully saturated rings. The van der Waals surface area contributed by atoms with Gasteiger partial charge in [-0.05, 0) is 63.1 Å². The fourth-order valence-electron chi connectivity index (χ4n) is 8.62. The summed E-state index contributed by atoms with van der Waals surface area (Å²) >= 11 is 0. The Kier molecular flexibility index (Phi) is 11.5. The predicted molar refractivity (Wildman–Crippen MR) is 200 cm³/mol. The van der Waals surface area contributed by atoms with Crippen LogP contribution >= 0.6 is 0 Å². The average molecular weight is 768 g/mol. The Bertz CT molecular complexity index is 1970. The van der Waals surface area contributed by atoms with Crippen molar-refractivity contribution >= 4 is 35.3 Å². The molecule has 1 unspecified atom stereocenters. The summed E-state index contributed by atoms with van der Waals surface area (Å²) in [5.74, 6) is 0.753. The summed E-state index contributed by atoms with van der Waals surface area (Å²) in [6.07, 6.45) is 6.21. The van der Waals surface area contributed by atoms with Crippen molar-refractivity contribution in [1.82, 2.24) is 0 Å². The minimum atomic E-state index is -1.95. The molecule has 1 aliphatic carbocycles. The van der Waals surface area contributed by atoms with Crippen LogP contribution in [0, 0.1) is 12.8 Å². The molecule has 1 aliphatic heterocycles. The summed E-state index contributed by atoms with van der Waals surface area (Å²) in [6, 6.07) is 31.1. The average Bonchev–Trinajstić information content (AvgIpc) is 3.62. The number of allylic oxidation sites excluding steroid dienone is 1. The Labute approximate surface area is 322 Å². The second kappa shape index (κ2) is 14.3. The number of hydrogen-bond acceptors (Lipinski definition) is 0. The molecule has 0 spiro atoms. The van der Waals surface area contributed by atoms with Crippen molar-refractivity contribution < 1.29 is 51.0 Å². The molecule has 4 heteroatoms. The van der Waals surface area contributed by atoms with E-state index in [2.05, 4.69) is 146 Å². The number of unbranched alkanes of at least 4 members (excludes halogenated alkanes) is 1. The van der Waals surface area contributed by atoms with Gasteiger partial charge >= 0.3 is 26.2 Å². The van der Waals surface area contributed by atoms with E-state index >= 15 is 0 Å². The molecular weight excluding hydrogens is 719 g/mol. The number of rotatable bonds is 7. The maximum absolute atomic E-state index is 2.61. The fraction of sp³-hybridized carbons (Fsp3) is 0.341. The molecule has 0 nitrogen and oxygen atoms in total. The van der Waals surface area contributed by atoms with E-state index in [0.29, 0.717) is 5.92 Å². The SMILES string of the molecule is CCCCc1ccc(-c2cccc3c2C=C(C(C)C)C3c2cc3[cH-]c(C)c4c3c(-c3ccc(C(C)(C)C)cc3)c2[Si]4(C)C)cc1.[Cl-].[Cl-].[Zr+3]. The molecule has 2 aliphatic rings. The maximum atomic E-state index is 2.61. The van der Waals surface area contributed by atoms with Crippen molar-refractivity contribution in [2.75, 3.05) is 0 Å². The van der Waals surface area contributed by atoms with E-state index in [4.69, 9.17) is 0 Å². The Hall–Kier alpha value is -2.09. The van der Waals surface area contributed by atoms with Crippen LogP contribution in [0.5, 0.6) is 0 Å². The zero-order valence-electron chi connectivity index (χ0n) is 30.1. The number of fused-ring (bicyclic) bond motifs is 2. The van der Waals surface area contributed by atoms with Gasteiger partial charge in [-0.25, -0.2) is 0 Å². The van der Waals surface area contributed by atoms with E-state index in [1.54, 1.807) is 21.5 Å². The summed E-state index contributed by atoms with van der Waals surface area (Å²) in [4.78, 5) is 0. The van der Waals surface area contributed by atoms with Gasteiger partial charge in [0.15, 0.2) is 0 Å². The first-order valence-electron chi connectivity index (χ1n) is 17.2. The van der Waals surface area contributed by atoms with Gasteiger partial charge in [-0.1, -0.05) is 163 Å². The smallest absolute Gasteiger partial charge is 1.00 e. The van der Waals surface area contributed by atoms with Crippen LogP contribution < -0.4 is 35.2 Å². The standard InChI is InChI=1S/C44H49Si.2ClH.Zr/c1-10-11-13-29-16-18-30(19-17-29)34-14-12-15-35-37(34)26-36(27(2)3)41(35)38-25-32-24-28(4)42-40(32)39(43(38)45(42,8)9)31-20-22-33(23-21-31)44(5,6)7;;;/h12,14-27,41H,10-11,13H2,1-9H3;2*1H;/q-1;;;+3/p-2. The van der Waals surface area contributed by atoms with Gasteiger partial charge in [0.1, 0.15) is 0 Å². The zero-order chi connectivity index (χ0) is 31.8. The van der Waals surface area contributed by atoms with Crippen molar-refractivity contribution in [3.63, 3.8) is 0 Å². The molecule has 0 amide bonds. The molecule has 48 heavy (non-hydrogen) atoms. The van der Waals surface area contributed by atoms with Crippen molar-refractivity contribution in [1.29, 1.82) is 0 Å². The number of aryl methyl sites for hydroxylation is 2. The van der Waals surface area contributed by atoms with Gasteiger partial charge in [-0.3, -0.25) is 0 Å². The number of benzene rings is 4. The van der Waals surface area contributed by atoms with Crippen LogP contribution in [-0.4, -0.2) is 8.07 Å². The van der Waals surface area contributed by atoms with Crippen LogP contribution in [0.3, 0.4) is 0 Å². The Morgan fingerprint density at radius 3 is 2.08 bits per heavy atom. The second-order valence-corrected chi connectivity index (χ2v) is 19.9. The van der Waals surface area contributed by atoms with Crippen LogP contribution in [0.25, 0.3) is 39.1 Å². The molecule has 5 aromatic carbocycles. The third-order valence-corrected chi connectivity index (χ3v) is 14.5. The van der Waals surface area contributed by atoms with Gasteiger partial charge in [0.05, 0.1) is 8.07 Å². The van der Waals surface area contributed by atoms with E-state index < -0.39 is 8.07 Å². The molecule has 1 radical (unpaired) electrons. The topological polar surface area (TPSA) is 0 Å². The number of halogens is 2. The molecule has 0 saturated heterocycles. The van der Waals surface area contributed by atoms with Crippen molar-refractivity contribution in [3.8, 4) is 22.3 Å². The summed E-state index contributed by atoms with van der Waals surface area (Å²) in [5.41, 5.74) is 16.1. The summed E-state index contributed by atoms with van der Waals surface area (Å²) < 4.78 is 0. The van der Waals surface area contributed by atoms with Crippen molar-refractivity contribution in [2.45, 2.75) is 92.2 Å². The monoisotopic (exact) mass is 765 g/mol. The second-order valence-electron chi connectivity index (χ2n) is 15.7. The van der Waals surface area contributed by atoms with E-state index in [1.807, 2.05) is 0 Å². The minimum absolute atomic E-state index is 0. The van der Waals surface area contributed by atoms with Gasteiger partial charge in [0.2, 0.25) is 0 Å². The zero-order valence-corrected chi connectivity index (χ0v) is 35.1. The predicted octanol–water partition coefficient (Wildman–Crippen LogP) is 5.17. The fourth-order valence-corrected chi connectivity index (χ4v) is 12.7. The maximum Gasteiger partial charge on any atom is 3.00 e. The van der Waals surface area contributed by atoms with E-state index in [-0.39, 0.29) is 62.4 Å². The molecule has 247 valence electrons. The third kappa shape index (κ3) is 6.23. The van der Waals surface area contributed by atoms with Crippen LogP contribution in [0.2, 0.25) is 13.1 Å². The van der Waals surface area contributed by atoms with Crippen LogP contribution in [-0.2, 0) is 38.0 Å². The number of hydrogen-bond donors (Lipinski definition) is 0. The minimum Gasteiger partial charge on any atom is -1.00 e. The molecule has 1 atom stereocenters. The molecular formula is C44H49Cl2SiZr. The van der Waals surface area contributed by atoms with Crippen LogP contribution in [0.4, 0.5) is 0 Å². The van der Waals surface area contributed by atoms with Crippen molar-refractivity contribution in [2.24, 2.45) is 5.92 Å². The van der Waals surface area contributed by atoms with Gasteiger partial charge in [-0.2, -0.15) is 0 Å². The summed E-state index contributed by atoms with van der Waals surface area (Å²) in [5, 5.41) is 6.31. The molecule has 0 aromatic heterocycles. The van der Waals surface area contributed by atoms with Gasteiger partial charge in [-0.15, -0.1) is 33.7 Å². The Morgan fingerprint density at radius 1 is 0.833 bits per heavy atom. The van der Waals surface area contributed by atoms with Crippen LogP contribution in [0.15, 0.2) is 84.4 Å². The van der Waals surface area contributed by atoms with E-state index in [9.17, 15) is 0 Å². The van der Waals surface area contributed by atoms with Gasteiger partial charge in [0.25, 0.3) is 0 Å². The first-order chi connectivity index (χ1) is 21.4. The molecule has 7 rings (SSSR count). The summed E-state index contributed by atoms with van der Waals surface area (Å²) in [6.45, 7) is 21.6. The molecule has 0 saturated carbocycles. The third-order valence-electron chi connectivity index (χ3n) is 10.9. The van der Waals surface area contributed by atoms with E-state index in [1.165, 1.54) is 73.7 Å². The first kappa shape index (κ1) is 38.7. The summed E-state index contributed by atoms with van der Waals surface area (Å²) in [7, 11) is -1.95.